The van der Waals surface area contributed by atoms with Crippen molar-refractivity contribution in [3.05, 3.63) is 46.7 Å². The molecule has 6 heteroatoms. The van der Waals surface area contributed by atoms with Crippen LogP contribution in [0.2, 0.25) is 5.02 Å². The summed E-state index contributed by atoms with van der Waals surface area (Å²) in [5, 5.41) is 7.00. The Morgan fingerprint density at radius 3 is 2.89 bits per heavy atom. The fourth-order valence-electron chi connectivity index (χ4n) is 1.61. The van der Waals surface area contributed by atoms with E-state index in [1.54, 1.807) is 26.1 Å². The molecule has 0 aliphatic carbocycles. The van der Waals surface area contributed by atoms with Gasteiger partial charge in [0, 0.05) is 24.7 Å². The second kappa shape index (κ2) is 5.75. The van der Waals surface area contributed by atoms with Crippen molar-refractivity contribution < 1.29 is 9.32 Å². The molecular formula is C13H14ClN3O2. The number of benzene rings is 1. The summed E-state index contributed by atoms with van der Waals surface area (Å²) in [6.45, 7) is 2.22. The molecule has 0 aliphatic heterocycles. The number of carbonyl (C=O) groups excluding carboxylic acids is 1. The molecular weight excluding hydrogens is 266 g/mol. The highest BCUT2D eigenvalue weighted by molar-refractivity contribution is 6.30. The first-order valence-electron chi connectivity index (χ1n) is 5.74. The first-order valence-corrected chi connectivity index (χ1v) is 6.12. The Bertz CT molecular complexity index is 583. The summed E-state index contributed by atoms with van der Waals surface area (Å²) in [4.78, 5) is 13.4. The summed E-state index contributed by atoms with van der Waals surface area (Å²) in [5.41, 5.74) is 0.960. The van der Waals surface area contributed by atoms with Gasteiger partial charge in [0.2, 0.25) is 0 Å². The van der Waals surface area contributed by atoms with E-state index in [9.17, 15) is 4.79 Å². The van der Waals surface area contributed by atoms with Crippen LogP contribution < -0.4 is 5.32 Å². The lowest BCUT2D eigenvalue weighted by Crippen LogP contribution is -2.30. The van der Waals surface area contributed by atoms with Crippen LogP contribution in [0.5, 0.6) is 0 Å². The molecule has 0 fully saturated rings. The van der Waals surface area contributed by atoms with E-state index in [2.05, 4.69) is 10.5 Å². The Morgan fingerprint density at radius 1 is 1.47 bits per heavy atom. The van der Waals surface area contributed by atoms with Gasteiger partial charge in [-0.05, 0) is 24.6 Å². The van der Waals surface area contributed by atoms with Crippen molar-refractivity contribution in [2.75, 3.05) is 12.4 Å². The number of aromatic nitrogens is 1. The number of amides is 2. The summed E-state index contributed by atoms with van der Waals surface area (Å²) in [5.74, 6) is 1.05. The van der Waals surface area contributed by atoms with Gasteiger partial charge in [0.15, 0.2) is 5.82 Å². The van der Waals surface area contributed by atoms with Crippen molar-refractivity contribution in [3.63, 3.8) is 0 Å². The highest BCUT2D eigenvalue weighted by atomic mass is 35.5. The minimum atomic E-state index is -0.256. The predicted octanol–water partition coefficient (Wildman–Crippen LogP) is 3.30. The van der Waals surface area contributed by atoms with E-state index in [0.29, 0.717) is 23.1 Å². The first-order chi connectivity index (χ1) is 9.04. The molecule has 1 N–H and O–H groups in total. The van der Waals surface area contributed by atoms with Gasteiger partial charge in [-0.3, -0.25) is 5.32 Å². The van der Waals surface area contributed by atoms with Gasteiger partial charge in [-0.25, -0.2) is 4.79 Å². The molecule has 0 atom stereocenters. The molecule has 19 heavy (non-hydrogen) atoms. The fraction of sp³-hybridized carbons (Fsp3) is 0.231. The van der Waals surface area contributed by atoms with Gasteiger partial charge in [0.25, 0.3) is 0 Å². The molecule has 0 saturated heterocycles. The van der Waals surface area contributed by atoms with Crippen LogP contribution in [0.15, 0.2) is 34.9 Å². The molecule has 2 aromatic rings. The Kier molecular flexibility index (Phi) is 4.06. The number of carbonyl (C=O) groups is 1. The highest BCUT2D eigenvalue weighted by Gasteiger charge is 2.11. The number of anilines is 1. The second-order valence-electron chi connectivity index (χ2n) is 4.24. The summed E-state index contributed by atoms with van der Waals surface area (Å²) in [6.07, 6.45) is 0. The number of urea groups is 1. The molecule has 1 aromatic heterocycles. The minimum Gasteiger partial charge on any atom is -0.360 e. The molecule has 0 saturated carbocycles. The van der Waals surface area contributed by atoms with E-state index < -0.39 is 0 Å². The predicted molar refractivity (Wildman–Crippen MR) is 73.2 cm³/mol. The van der Waals surface area contributed by atoms with Gasteiger partial charge in [0.1, 0.15) is 5.76 Å². The highest BCUT2D eigenvalue weighted by Crippen LogP contribution is 2.13. The van der Waals surface area contributed by atoms with E-state index in [-0.39, 0.29) is 6.03 Å². The maximum absolute atomic E-state index is 11.9. The molecule has 100 valence electrons. The second-order valence-corrected chi connectivity index (χ2v) is 4.68. The molecule has 5 nitrogen and oxygen atoms in total. The molecule has 0 bridgehead atoms. The number of nitrogens with zero attached hydrogens (tertiary/aromatic N) is 2. The van der Waals surface area contributed by atoms with Crippen LogP contribution in [-0.2, 0) is 6.54 Å². The third-order valence-corrected chi connectivity index (χ3v) is 2.75. The lowest BCUT2D eigenvalue weighted by molar-refractivity contribution is 0.220. The SMILES string of the molecule is Cc1cc(NC(=O)N(C)Cc2cccc(Cl)c2)no1. The molecule has 2 amide bonds. The van der Waals surface area contributed by atoms with Crippen molar-refractivity contribution in [2.45, 2.75) is 13.5 Å². The van der Waals surface area contributed by atoms with E-state index >= 15 is 0 Å². The van der Waals surface area contributed by atoms with Crippen LogP contribution in [0.4, 0.5) is 10.6 Å². The molecule has 1 heterocycles. The quantitative estimate of drug-likeness (QED) is 0.938. The summed E-state index contributed by atoms with van der Waals surface area (Å²) in [6, 6.07) is 8.79. The summed E-state index contributed by atoms with van der Waals surface area (Å²) in [7, 11) is 1.70. The largest absolute Gasteiger partial charge is 0.360 e. The lowest BCUT2D eigenvalue weighted by atomic mass is 10.2. The van der Waals surface area contributed by atoms with Crippen molar-refractivity contribution >= 4 is 23.4 Å². The molecule has 0 radical (unpaired) electrons. The minimum absolute atomic E-state index is 0.256. The van der Waals surface area contributed by atoms with Crippen LogP contribution in [0.3, 0.4) is 0 Å². The standard InChI is InChI=1S/C13H14ClN3O2/c1-9-6-12(16-19-9)15-13(18)17(2)8-10-4-3-5-11(14)7-10/h3-7H,8H2,1-2H3,(H,15,16,18). The van der Waals surface area contributed by atoms with Crippen LogP contribution in [0, 0.1) is 6.92 Å². The zero-order chi connectivity index (χ0) is 13.8. The van der Waals surface area contributed by atoms with Gasteiger partial charge >= 0.3 is 6.03 Å². The van der Waals surface area contributed by atoms with Crippen molar-refractivity contribution in [2.24, 2.45) is 0 Å². The Morgan fingerprint density at radius 2 is 2.26 bits per heavy atom. The third kappa shape index (κ3) is 3.72. The number of nitrogens with one attached hydrogen (secondary N) is 1. The number of hydrogen-bond donors (Lipinski definition) is 1. The van der Waals surface area contributed by atoms with Crippen molar-refractivity contribution in [3.8, 4) is 0 Å². The molecule has 0 spiro atoms. The van der Waals surface area contributed by atoms with E-state index in [1.165, 1.54) is 4.90 Å². The molecule has 0 unspecified atom stereocenters. The smallest absolute Gasteiger partial charge is 0.323 e. The Labute approximate surface area is 116 Å². The average Bonchev–Trinajstić information content (AvgIpc) is 2.74. The monoisotopic (exact) mass is 279 g/mol. The number of hydrogen-bond acceptors (Lipinski definition) is 3. The van der Waals surface area contributed by atoms with Crippen LogP contribution >= 0.6 is 11.6 Å². The topological polar surface area (TPSA) is 58.4 Å². The number of rotatable bonds is 3. The van der Waals surface area contributed by atoms with Crippen LogP contribution in [0.25, 0.3) is 0 Å². The van der Waals surface area contributed by atoms with Gasteiger partial charge in [-0.1, -0.05) is 28.9 Å². The third-order valence-electron chi connectivity index (χ3n) is 2.52. The average molecular weight is 280 g/mol. The lowest BCUT2D eigenvalue weighted by Gasteiger charge is -2.17. The molecule has 1 aromatic carbocycles. The van der Waals surface area contributed by atoms with Crippen molar-refractivity contribution in [1.29, 1.82) is 0 Å². The number of halogens is 1. The maximum Gasteiger partial charge on any atom is 0.323 e. The Hall–Kier alpha value is -2.01. The van der Waals surface area contributed by atoms with Crippen molar-refractivity contribution in [1.82, 2.24) is 10.1 Å². The maximum atomic E-state index is 11.9. The normalized spacial score (nSPS) is 10.3. The van der Waals surface area contributed by atoms with Crippen LogP contribution in [-0.4, -0.2) is 23.1 Å². The summed E-state index contributed by atoms with van der Waals surface area (Å²) >= 11 is 5.90. The summed E-state index contributed by atoms with van der Waals surface area (Å²) < 4.78 is 4.88. The molecule has 2 rings (SSSR count). The first kappa shape index (κ1) is 13.4. The zero-order valence-electron chi connectivity index (χ0n) is 10.7. The Balaban J connectivity index is 1.96. The van der Waals surface area contributed by atoms with E-state index in [4.69, 9.17) is 16.1 Å². The van der Waals surface area contributed by atoms with Crippen LogP contribution in [0.1, 0.15) is 11.3 Å². The fourth-order valence-corrected chi connectivity index (χ4v) is 1.82. The molecule has 0 aliphatic rings. The zero-order valence-corrected chi connectivity index (χ0v) is 11.4. The van der Waals surface area contributed by atoms with Gasteiger partial charge in [-0.2, -0.15) is 0 Å². The number of aryl methyl sites for hydroxylation is 1. The van der Waals surface area contributed by atoms with Gasteiger partial charge < -0.3 is 9.42 Å². The van der Waals surface area contributed by atoms with Gasteiger partial charge in [0.05, 0.1) is 0 Å². The van der Waals surface area contributed by atoms with E-state index in [0.717, 1.165) is 5.56 Å². The van der Waals surface area contributed by atoms with Gasteiger partial charge in [-0.15, -0.1) is 0 Å². The van der Waals surface area contributed by atoms with E-state index in [1.807, 2.05) is 18.2 Å².